The fourth-order valence-corrected chi connectivity index (χ4v) is 3.62. The summed E-state index contributed by atoms with van der Waals surface area (Å²) in [5, 5.41) is 0. The van der Waals surface area contributed by atoms with Crippen molar-refractivity contribution in [1.29, 1.82) is 0 Å². The second-order valence-electron chi connectivity index (χ2n) is 6.79. The zero-order valence-corrected chi connectivity index (χ0v) is 15.1. The van der Waals surface area contributed by atoms with Gasteiger partial charge in [0.05, 0.1) is 11.0 Å². The lowest BCUT2D eigenvalue weighted by Gasteiger charge is -2.28. The second-order valence-corrected chi connectivity index (χ2v) is 6.79. The molecule has 1 fully saturated rings. The van der Waals surface area contributed by atoms with Crippen LogP contribution in [0.1, 0.15) is 50.8 Å². The number of alkyl halides is 3. The SMILES string of the molecule is CCC(C(=O)N1CCCCCC1)n1c(=O)c(C(F)(F)F)nc2ccccc21. The third kappa shape index (κ3) is 3.84. The summed E-state index contributed by atoms with van der Waals surface area (Å²) in [6, 6.07) is 5.15. The van der Waals surface area contributed by atoms with Gasteiger partial charge in [-0.3, -0.25) is 14.2 Å². The number of rotatable bonds is 3. The molecule has 8 heteroatoms. The van der Waals surface area contributed by atoms with E-state index in [0.717, 1.165) is 30.3 Å². The Bertz CT molecular complexity index is 884. The highest BCUT2D eigenvalue weighted by atomic mass is 19.4. The quantitative estimate of drug-likeness (QED) is 0.813. The van der Waals surface area contributed by atoms with Crippen molar-refractivity contribution >= 4 is 16.9 Å². The van der Waals surface area contributed by atoms with Crippen molar-refractivity contribution in [3.8, 4) is 0 Å². The fourth-order valence-electron chi connectivity index (χ4n) is 3.62. The van der Waals surface area contributed by atoms with Gasteiger partial charge in [0.15, 0.2) is 0 Å². The Hall–Kier alpha value is -2.38. The Kier molecular flexibility index (Phi) is 5.53. The highest BCUT2D eigenvalue weighted by molar-refractivity contribution is 5.83. The lowest BCUT2D eigenvalue weighted by Crippen LogP contribution is -2.42. The van der Waals surface area contributed by atoms with Crippen molar-refractivity contribution in [3.05, 3.63) is 40.3 Å². The molecule has 1 aliphatic heterocycles. The van der Waals surface area contributed by atoms with Gasteiger partial charge < -0.3 is 4.90 Å². The summed E-state index contributed by atoms with van der Waals surface area (Å²) in [6.45, 7) is 2.84. The largest absolute Gasteiger partial charge is 0.438 e. The average Bonchev–Trinajstić information content (AvgIpc) is 2.92. The van der Waals surface area contributed by atoms with Gasteiger partial charge in [-0.15, -0.1) is 0 Å². The van der Waals surface area contributed by atoms with Crippen molar-refractivity contribution in [2.75, 3.05) is 13.1 Å². The molecule has 2 aromatic rings. The molecule has 1 aliphatic rings. The molecule has 1 unspecified atom stereocenters. The number of para-hydroxylation sites is 2. The number of fused-ring (bicyclic) bond motifs is 1. The van der Waals surface area contributed by atoms with Gasteiger partial charge in [0, 0.05) is 13.1 Å². The van der Waals surface area contributed by atoms with Crippen molar-refractivity contribution < 1.29 is 18.0 Å². The smallest absolute Gasteiger partial charge is 0.341 e. The van der Waals surface area contributed by atoms with E-state index >= 15 is 0 Å². The molecule has 1 aromatic carbocycles. The zero-order chi connectivity index (χ0) is 19.6. The third-order valence-electron chi connectivity index (χ3n) is 4.96. The number of likely N-dealkylation sites (tertiary alicyclic amines) is 1. The van der Waals surface area contributed by atoms with E-state index in [9.17, 15) is 22.8 Å². The molecule has 2 heterocycles. The van der Waals surface area contributed by atoms with Gasteiger partial charge in [-0.25, -0.2) is 4.98 Å². The van der Waals surface area contributed by atoms with E-state index in [1.807, 2.05) is 0 Å². The predicted molar refractivity (Wildman–Crippen MR) is 95.4 cm³/mol. The molecule has 0 bridgehead atoms. The number of aromatic nitrogens is 2. The molecule has 146 valence electrons. The van der Waals surface area contributed by atoms with Crippen LogP contribution in [-0.2, 0) is 11.0 Å². The summed E-state index contributed by atoms with van der Waals surface area (Å²) in [6.07, 6.45) is -0.884. The van der Waals surface area contributed by atoms with E-state index < -0.39 is 23.5 Å². The molecule has 0 aliphatic carbocycles. The van der Waals surface area contributed by atoms with Crippen LogP contribution in [0.5, 0.6) is 0 Å². The molecule has 0 N–H and O–H groups in total. The average molecular weight is 381 g/mol. The first-order valence-electron chi connectivity index (χ1n) is 9.22. The van der Waals surface area contributed by atoms with E-state index in [4.69, 9.17) is 0 Å². The summed E-state index contributed by atoms with van der Waals surface area (Å²) in [5.41, 5.74) is -2.46. The van der Waals surface area contributed by atoms with Gasteiger partial charge in [0.2, 0.25) is 11.6 Å². The van der Waals surface area contributed by atoms with Crippen LogP contribution in [-0.4, -0.2) is 33.4 Å². The fraction of sp³-hybridized carbons (Fsp3) is 0.526. The van der Waals surface area contributed by atoms with E-state index in [0.29, 0.717) is 13.1 Å². The number of benzene rings is 1. The molecule has 3 rings (SSSR count). The molecule has 1 aromatic heterocycles. The summed E-state index contributed by atoms with van der Waals surface area (Å²) >= 11 is 0. The predicted octanol–water partition coefficient (Wildman–Crippen LogP) is 3.77. The standard InChI is InChI=1S/C19H22F3N3O2/c1-2-14(17(26)24-11-7-3-4-8-12-24)25-15-10-6-5-9-13(15)23-16(18(25)27)19(20,21)22/h5-6,9-10,14H,2-4,7-8,11-12H2,1H3. The molecule has 0 spiro atoms. The minimum Gasteiger partial charge on any atom is -0.341 e. The number of nitrogens with zero attached hydrogens (tertiary/aromatic N) is 3. The van der Waals surface area contributed by atoms with Gasteiger partial charge in [-0.2, -0.15) is 13.2 Å². The monoisotopic (exact) mass is 381 g/mol. The van der Waals surface area contributed by atoms with Gasteiger partial charge >= 0.3 is 6.18 Å². The van der Waals surface area contributed by atoms with Crippen molar-refractivity contribution in [1.82, 2.24) is 14.5 Å². The van der Waals surface area contributed by atoms with Crippen molar-refractivity contribution in [3.63, 3.8) is 0 Å². The number of carbonyl (C=O) groups excluding carboxylic acids is 1. The van der Waals surface area contributed by atoms with Crippen LogP contribution in [0.2, 0.25) is 0 Å². The Morgan fingerprint density at radius 2 is 1.78 bits per heavy atom. The molecule has 1 saturated heterocycles. The molecule has 0 saturated carbocycles. The second kappa shape index (κ2) is 7.70. The highest BCUT2D eigenvalue weighted by Crippen LogP contribution is 2.28. The van der Waals surface area contributed by atoms with E-state index in [-0.39, 0.29) is 23.4 Å². The Morgan fingerprint density at radius 3 is 2.37 bits per heavy atom. The van der Waals surface area contributed by atoms with Crippen LogP contribution in [0.25, 0.3) is 11.0 Å². The molecule has 0 radical (unpaired) electrons. The van der Waals surface area contributed by atoms with Gasteiger partial charge in [0.25, 0.3) is 5.56 Å². The normalized spacial score (nSPS) is 17.0. The van der Waals surface area contributed by atoms with Gasteiger partial charge in [-0.1, -0.05) is 31.9 Å². The number of carbonyl (C=O) groups is 1. The summed E-state index contributed by atoms with van der Waals surface area (Å²) < 4.78 is 41.1. The van der Waals surface area contributed by atoms with Gasteiger partial charge in [-0.05, 0) is 31.4 Å². The van der Waals surface area contributed by atoms with Crippen LogP contribution in [0.4, 0.5) is 13.2 Å². The highest BCUT2D eigenvalue weighted by Gasteiger charge is 2.39. The topological polar surface area (TPSA) is 55.2 Å². The maximum atomic E-state index is 13.4. The zero-order valence-electron chi connectivity index (χ0n) is 15.1. The first kappa shape index (κ1) is 19.4. The number of hydrogen-bond acceptors (Lipinski definition) is 3. The number of halogens is 3. The minimum absolute atomic E-state index is 0.0477. The van der Waals surface area contributed by atoms with Crippen LogP contribution in [0.3, 0.4) is 0 Å². The first-order valence-corrected chi connectivity index (χ1v) is 9.22. The number of hydrogen-bond donors (Lipinski definition) is 0. The summed E-state index contributed by atoms with van der Waals surface area (Å²) in [7, 11) is 0. The summed E-state index contributed by atoms with van der Waals surface area (Å²) in [4.78, 5) is 31.0. The van der Waals surface area contributed by atoms with E-state index in [1.54, 1.807) is 24.0 Å². The Labute approximate surface area is 154 Å². The van der Waals surface area contributed by atoms with Crippen molar-refractivity contribution in [2.45, 2.75) is 51.2 Å². The van der Waals surface area contributed by atoms with Crippen LogP contribution in [0, 0.1) is 0 Å². The molecular weight excluding hydrogens is 359 g/mol. The first-order chi connectivity index (χ1) is 12.8. The van der Waals surface area contributed by atoms with Crippen LogP contribution >= 0.6 is 0 Å². The lowest BCUT2D eigenvalue weighted by molar-refractivity contribution is -0.143. The van der Waals surface area contributed by atoms with E-state index in [2.05, 4.69) is 4.98 Å². The molecule has 1 atom stereocenters. The molecule has 1 amide bonds. The minimum atomic E-state index is -4.88. The Morgan fingerprint density at radius 1 is 1.15 bits per heavy atom. The number of amides is 1. The Balaban J connectivity index is 2.16. The molecule has 27 heavy (non-hydrogen) atoms. The van der Waals surface area contributed by atoms with Crippen molar-refractivity contribution in [2.24, 2.45) is 0 Å². The maximum absolute atomic E-state index is 13.4. The lowest BCUT2D eigenvalue weighted by atomic mass is 10.1. The summed E-state index contributed by atoms with van der Waals surface area (Å²) in [5.74, 6) is -0.300. The van der Waals surface area contributed by atoms with Gasteiger partial charge in [0.1, 0.15) is 6.04 Å². The van der Waals surface area contributed by atoms with E-state index in [1.165, 1.54) is 12.1 Å². The molecule has 5 nitrogen and oxygen atoms in total. The third-order valence-corrected chi connectivity index (χ3v) is 4.96. The maximum Gasteiger partial charge on any atom is 0.438 e. The van der Waals surface area contributed by atoms with Crippen LogP contribution in [0.15, 0.2) is 29.1 Å². The molecular formula is C19H22F3N3O2. The van der Waals surface area contributed by atoms with Crippen LogP contribution < -0.4 is 5.56 Å².